The highest BCUT2D eigenvalue weighted by atomic mass is 16.4. The van der Waals surface area contributed by atoms with Crippen molar-refractivity contribution in [1.82, 2.24) is 4.98 Å². The van der Waals surface area contributed by atoms with Gasteiger partial charge in [0.1, 0.15) is 5.75 Å². The third-order valence-electron chi connectivity index (χ3n) is 2.06. The molecule has 0 amide bonds. The third-order valence-corrected chi connectivity index (χ3v) is 2.06. The van der Waals surface area contributed by atoms with Crippen LogP contribution in [0.5, 0.6) is 5.75 Å². The molecule has 0 aliphatic carbocycles. The van der Waals surface area contributed by atoms with Crippen LogP contribution in [0.25, 0.3) is 11.3 Å². The summed E-state index contributed by atoms with van der Waals surface area (Å²) < 4.78 is 5.48. The van der Waals surface area contributed by atoms with Crippen molar-refractivity contribution in [3.63, 3.8) is 0 Å². The largest absolute Gasteiger partial charge is 0.508 e. The van der Waals surface area contributed by atoms with Crippen LogP contribution < -0.4 is 5.73 Å². The Morgan fingerprint density at radius 2 is 2.00 bits per heavy atom. The molecule has 4 nitrogen and oxygen atoms in total. The molecule has 0 unspecified atom stereocenters. The van der Waals surface area contributed by atoms with E-state index in [-0.39, 0.29) is 5.75 Å². The minimum absolute atomic E-state index is 0.237. The lowest BCUT2D eigenvalue weighted by atomic mass is 10.2. The number of aromatic nitrogens is 1. The van der Waals surface area contributed by atoms with Crippen molar-refractivity contribution in [3.05, 3.63) is 36.4 Å². The Morgan fingerprint density at radius 3 is 2.67 bits per heavy atom. The summed E-state index contributed by atoms with van der Waals surface area (Å²) in [6, 6.07) is 6.78. The number of nitrogens with zero attached hydrogens (tertiary/aromatic N) is 1. The van der Waals surface area contributed by atoms with Crippen LogP contribution in [0.3, 0.4) is 0 Å². The summed E-state index contributed by atoms with van der Waals surface area (Å²) in [5.41, 5.74) is 6.29. The number of phenols is 1. The maximum absolute atomic E-state index is 9.13. The molecule has 1 aromatic heterocycles. The summed E-state index contributed by atoms with van der Waals surface area (Å²) in [6.45, 7) is 0.523. The Labute approximate surface area is 87.4 Å². The van der Waals surface area contributed by atoms with Crippen LogP contribution in [0.4, 0.5) is 0 Å². The molecule has 0 atom stereocenters. The molecule has 0 saturated heterocycles. The number of rotatable bonds is 3. The van der Waals surface area contributed by atoms with Crippen molar-refractivity contribution < 1.29 is 9.52 Å². The molecule has 0 aliphatic rings. The number of oxazole rings is 1. The van der Waals surface area contributed by atoms with Crippen LogP contribution in [0.15, 0.2) is 34.9 Å². The van der Waals surface area contributed by atoms with Gasteiger partial charge < -0.3 is 15.3 Å². The van der Waals surface area contributed by atoms with E-state index < -0.39 is 0 Å². The number of nitrogens with two attached hydrogens (primary N) is 1. The minimum Gasteiger partial charge on any atom is -0.508 e. The predicted molar refractivity (Wildman–Crippen MR) is 56.4 cm³/mol. The molecule has 2 rings (SSSR count). The first-order valence-electron chi connectivity index (χ1n) is 4.74. The Morgan fingerprint density at radius 1 is 1.27 bits per heavy atom. The molecule has 0 radical (unpaired) electrons. The number of hydrogen-bond acceptors (Lipinski definition) is 4. The van der Waals surface area contributed by atoms with E-state index in [0.29, 0.717) is 24.6 Å². The first kappa shape index (κ1) is 9.73. The van der Waals surface area contributed by atoms with Crippen molar-refractivity contribution in [1.29, 1.82) is 0 Å². The monoisotopic (exact) mass is 204 g/mol. The molecule has 0 spiro atoms. The van der Waals surface area contributed by atoms with Gasteiger partial charge >= 0.3 is 0 Å². The molecular formula is C11H12N2O2. The Bertz CT molecular complexity index is 434. The smallest absolute Gasteiger partial charge is 0.196 e. The highest BCUT2D eigenvalue weighted by Gasteiger charge is 2.05. The summed E-state index contributed by atoms with van der Waals surface area (Å²) in [4.78, 5) is 4.10. The maximum Gasteiger partial charge on any atom is 0.196 e. The van der Waals surface area contributed by atoms with Crippen LogP contribution >= 0.6 is 0 Å². The molecule has 4 heteroatoms. The van der Waals surface area contributed by atoms with Gasteiger partial charge in [-0.1, -0.05) is 0 Å². The number of phenolic OH excluding ortho intramolecular Hbond substituents is 1. The molecular weight excluding hydrogens is 192 g/mol. The number of benzene rings is 1. The lowest BCUT2D eigenvalue weighted by molar-refractivity contribution is 0.475. The first-order valence-corrected chi connectivity index (χ1v) is 4.74. The van der Waals surface area contributed by atoms with E-state index in [1.165, 1.54) is 0 Å². The van der Waals surface area contributed by atoms with Crippen molar-refractivity contribution in [2.45, 2.75) is 6.42 Å². The van der Waals surface area contributed by atoms with Gasteiger partial charge in [0.15, 0.2) is 11.7 Å². The second kappa shape index (κ2) is 4.14. The quantitative estimate of drug-likeness (QED) is 0.795. The van der Waals surface area contributed by atoms with E-state index in [1.54, 1.807) is 30.5 Å². The third kappa shape index (κ3) is 2.16. The maximum atomic E-state index is 9.13. The fourth-order valence-corrected chi connectivity index (χ4v) is 1.31. The number of aromatic hydroxyl groups is 1. The molecule has 3 N–H and O–H groups in total. The summed E-state index contributed by atoms with van der Waals surface area (Å²) in [5.74, 6) is 1.57. The van der Waals surface area contributed by atoms with Gasteiger partial charge in [0.05, 0.1) is 6.20 Å². The van der Waals surface area contributed by atoms with Crippen LogP contribution in [0.2, 0.25) is 0 Å². The summed E-state index contributed by atoms with van der Waals surface area (Å²) in [6.07, 6.45) is 2.30. The zero-order valence-corrected chi connectivity index (χ0v) is 8.18. The van der Waals surface area contributed by atoms with Gasteiger partial charge in [0, 0.05) is 18.5 Å². The van der Waals surface area contributed by atoms with Gasteiger partial charge in [0.25, 0.3) is 0 Å². The van der Waals surface area contributed by atoms with Gasteiger partial charge in [-0.05, 0) is 24.3 Å². The van der Waals surface area contributed by atoms with Crippen LogP contribution in [0, 0.1) is 0 Å². The molecule has 78 valence electrons. The SMILES string of the molecule is NCCc1ncc(-c2ccc(O)cc2)o1. The van der Waals surface area contributed by atoms with Crippen molar-refractivity contribution in [3.8, 4) is 17.1 Å². The zero-order chi connectivity index (χ0) is 10.7. The lowest BCUT2D eigenvalue weighted by Gasteiger charge is -1.96. The molecule has 1 heterocycles. The van der Waals surface area contributed by atoms with Gasteiger partial charge in [0.2, 0.25) is 0 Å². The second-order valence-corrected chi connectivity index (χ2v) is 3.20. The average molecular weight is 204 g/mol. The van der Waals surface area contributed by atoms with Gasteiger partial charge in [-0.25, -0.2) is 4.98 Å². The fourth-order valence-electron chi connectivity index (χ4n) is 1.31. The van der Waals surface area contributed by atoms with Crippen molar-refractivity contribution in [2.75, 3.05) is 6.54 Å². The number of hydrogen-bond donors (Lipinski definition) is 2. The van der Waals surface area contributed by atoms with E-state index >= 15 is 0 Å². The summed E-state index contributed by atoms with van der Waals surface area (Å²) >= 11 is 0. The fraction of sp³-hybridized carbons (Fsp3) is 0.182. The van der Waals surface area contributed by atoms with Gasteiger partial charge in [-0.3, -0.25) is 0 Å². The van der Waals surface area contributed by atoms with Crippen molar-refractivity contribution >= 4 is 0 Å². The summed E-state index contributed by atoms with van der Waals surface area (Å²) in [7, 11) is 0. The molecule has 15 heavy (non-hydrogen) atoms. The molecule has 0 saturated carbocycles. The lowest BCUT2D eigenvalue weighted by Crippen LogP contribution is -2.02. The van der Waals surface area contributed by atoms with Crippen LogP contribution in [-0.2, 0) is 6.42 Å². The Balaban J connectivity index is 2.25. The Kier molecular flexibility index (Phi) is 2.69. The topological polar surface area (TPSA) is 72.3 Å². The van der Waals surface area contributed by atoms with E-state index in [4.69, 9.17) is 15.3 Å². The normalized spacial score (nSPS) is 10.5. The highest BCUT2D eigenvalue weighted by molar-refractivity contribution is 5.57. The highest BCUT2D eigenvalue weighted by Crippen LogP contribution is 2.22. The molecule has 0 aliphatic heterocycles. The average Bonchev–Trinajstić information content (AvgIpc) is 2.68. The molecule has 0 bridgehead atoms. The van der Waals surface area contributed by atoms with Crippen LogP contribution in [0.1, 0.15) is 5.89 Å². The standard InChI is InChI=1S/C11H12N2O2/c12-6-5-11-13-7-10(15-11)8-1-3-9(14)4-2-8/h1-4,7,14H,5-6,12H2. The Hall–Kier alpha value is -1.81. The molecule has 1 aromatic carbocycles. The first-order chi connectivity index (χ1) is 7.29. The minimum atomic E-state index is 0.237. The second-order valence-electron chi connectivity index (χ2n) is 3.20. The van der Waals surface area contributed by atoms with Gasteiger partial charge in [-0.2, -0.15) is 0 Å². The zero-order valence-electron chi connectivity index (χ0n) is 8.18. The van der Waals surface area contributed by atoms with Crippen LogP contribution in [-0.4, -0.2) is 16.6 Å². The van der Waals surface area contributed by atoms with E-state index in [1.807, 2.05) is 0 Å². The van der Waals surface area contributed by atoms with E-state index in [0.717, 1.165) is 5.56 Å². The summed E-state index contributed by atoms with van der Waals surface area (Å²) in [5, 5.41) is 9.13. The van der Waals surface area contributed by atoms with Crippen molar-refractivity contribution in [2.24, 2.45) is 5.73 Å². The molecule has 0 fully saturated rings. The predicted octanol–water partition coefficient (Wildman–Crippen LogP) is 1.55. The van der Waals surface area contributed by atoms with Gasteiger partial charge in [-0.15, -0.1) is 0 Å². The van der Waals surface area contributed by atoms with E-state index in [9.17, 15) is 0 Å². The van der Waals surface area contributed by atoms with E-state index in [2.05, 4.69) is 4.98 Å². The molecule has 2 aromatic rings.